The highest BCUT2D eigenvalue weighted by atomic mass is 32.1. The lowest BCUT2D eigenvalue weighted by Crippen LogP contribution is -2.43. The van der Waals surface area contributed by atoms with Gasteiger partial charge in [0.1, 0.15) is 5.01 Å². The molecule has 0 fully saturated rings. The van der Waals surface area contributed by atoms with E-state index in [0.29, 0.717) is 6.42 Å². The number of nitrogens with one attached hydrogen (secondary N) is 1. The van der Waals surface area contributed by atoms with E-state index in [4.69, 9.17) is 0 Å². The molecule has 3 nitrogen and oxygen atoms in total. The van der Waals surface area contributed by atoms with E-state index in [9.17, 15) is 4.79 Å². The lowest BCUT2D eigenvalue weighted by molar-refractivity contribution is -0.123. The molecule has 0 bridgehead atoms. The van der Waals surface area contributed by atoms with Crippen LogP contribution in [0.1, 0.15) is 37.3 Å². The Labute approximate surface area is 121 Å². The number of thiazole rings is 1. The lowest BCUT2D eigenvalue weighted by Gasteiger charge is -2.27. The molecule has 0 radical (unpaired) electrons. The number of hydrogen-bond acceptors (Lipinski definition) is 4. The van der Waals surface area contributed by atoms with Gasteiger partial charge in [-0.2, -0.15) is 11.3 Å². The summed E-state index contributed by atoms with van der Waals surface area (Å²) in [6.07, 6.45) is 3.95. The van der Waals surface area contributed by atoms with Gasteiger partial charge in [0.15, 0.2) is 0 Å². The first-order chi connectivity index (χ1) is 9.14. The van der Waals surface area contributed by atoms with Crippen molar-refractivity contribution in [3.8, 4) is 0 Å². The number of carbonyl (C=O) groups is 1. The molecule has 0 saturated carbocycles. The first-order valence-corrected chi connectivity index (χ1v) is 8.18. The van der Waals surface area contributed by atoms with Gasteiger partial charge in [0.2, 0.25) is 5.91 Å². The third-order valence-electron chi connectivity index (χ3n) is 3.25. The van der Waals surface area contributed by atoms with Crippen LogP contribution in [0.3, 0.4) is 0 Å². The molecule has 2 heterocycles. The minimum absolute atomic E-state index is 0.0887. The molecular weight excluding hydrogens is 276 g/mol. The smallest absolute Gasteiger partial charge is 0.221 e. The van der Waals surface area contributed by atoms with Gasteiger partial charge in [0.05, 0.1) is 5.54 Å². The molecule has 0 aliphatic rings. The fourth-order valence-electron chi connectivity index (χ4n) is 1.85. The maximum atomic E-state index is 12.1. The largest absolute Gasteiger partial charge is 0.344 e. The van der Waals surface area contributed by atoms with Crippen molar-refractivity contribution in [3.05, 3.63) is 39.0 Å². The number of aromatic nitrogens is 1. The summed E-state index contributed by atoms with van der Waals surface area (Å²) >= 11 is 3.26. The second-order valence-corrected chi connectivity index (χ2v) is 6.38. The molecule has 0 aromatic carbocycles. The van der Waals surface area contributed by atoms with Crippen molar-refractivity contribution in [1.29, 1.82) is 0 Å². The van der Waals surface area contributed by atoms with Crippen molar-refractivity contribution in [2.75, 3.05) is 0 Å². The summed E-state index contributed by atoms with van der Waals surface area (Å²) in [5.41, 5.74) is 0.882. The van der Waals surface area contributed by atoms with E-state index in [2.05, 4.69) is 28.7 Å². The van der Waals surface area contributed by atoms with Crippen LogP contribution in [0.5, 0.6) is 0 Å². The number of aryl methyl sites for hydroxylation is 1. The van der Waals surface area contributed by atoms with Gasteiger partial charge in [-0.3, -0.25) is 4.79 Å². The summed E-state index contributed by atoms with van der Waals surface area (Å²) < 4.78 is 0. The van der Waals surface area contributed by atoms with Gasteiger partial charge >= 0.3 is 0 Å². The third-order valence-corrected chi connectivity index (χ3v) is 5.02. The van der Waals surface area contributed by atoms with Crippen LogP contribution in [0.15, 0.2) is 28.4 Å². The zero-order chi connectivity index (χ0) is 13.7. The molecule has 1 atom stereocenters. The maximum Gasteiger partial charge on any atom is 0.221 e. The normalized spacial score (nSPS) is 14.0. The van der Waals surface area contributed by atoms with Crippen molar-refractivity contribution in [2.45, 2.75) is 38.6 Å². The summed E-state index contributed by atoms with van der Waals surface area (Å²) in [4.78, 5) is 16.4. The second-order valence-electron chi connectivity index (χ2n) is 4.70. The Morgan fingerprint density at radius 3 is 2.89 bits per heavy atom. The number of amides is 1. The van der Waals surface area contributed by atoms with Gasteiger partial charge in [-0.25, -0.2) is 4.98 Å². The Morgan fingerprint density at radius 1 is 1.47 bits per heavy atom. The second kappa shape index (κ2) is 6.30. The van der Waals surface area contributed by atoms with Crippen molar-refractivity contribution in [1.82, 2.24) is 10.3 Å². The Morgan fingerprint density at radius 2 is 2.32 bits per heavy atom. The summed E-state index contributed by atoms with van der Waals surface area (Å²) in [5, 5.41) is 10.2. The average Bonchev–Trinajstić information content (AvgIpc) is 3.09. The van der Waals surface area contributed by atoms with Crippen LogP contribution in [-0.4, -0.2) is 10.9 Å². The summed E-state index contributed by atoms with van der Waals surface area (Å²) in [5.74, 6) is 0.0887. The van der Waals surface area contributed by atoms with Crippen LogP contribution >= 0.6 is 22.7 Å². The number of rotatable bonds is 6. The molecular formula is C14H18N2OS2. The van der Waals surface area contributed by atoms with Crippen LogP contribution in [0.25, 0.3) is 0 Å². The van der Waals surface area contributed by atoms with Gasteiger partial charge < -0.3 is 5.32 Å². The average molecular weight is 294 g/mol. The predicted octanol–water partition coefficient (Wildman–Crippen LogP) is 3.58. The van der Waals surface area contributed by atoms with Crippen LogP contribution < -0.4 is 5.32 Å². The Hall–Kier alpha value is -1.20. The van der Waals surface area contributed by atoms with Gasteiger partial charge in [0.25, 0.3) is 0 Å². The maximum absolute atomic E-state index is 12.1. The highest BCUT2D eigenvalue weighted by molar-refractivity contribution is 7.09. The molecule has 5 heteroatoms. The van der Waals surface area contributed by atoms with Gasteiger partial charge in [-0.1, -0.05) is 6.92 Å². The number of nitrogens with zero attached hydrogens (tertiary/aromatic N) is 1. The van der Waals surface area contributed by atoms with E-state index in [1.807, 2.05) is 17.7 Å². The molecule has 0 spiro atoms. The molecule has 1 amide bonds. The molecule has 0 aliphatic carbocycles. The third kappa shape index (κ3) is 3.64. The predicted molar refractivity (Wildman–Crippen MR) is 80.5 cm³/mol. The van der Waals surface area contributed by atoms with Crippen molar-refractivity contribution < 1.29 is 4.79 Å². The lowest BCUT2D eigenvalue weighted by atomic mass is 9.99. The quantitative estimate of drug-likeness (QED) is 0.885. The summed E-state index contributed by atoms with van der Waals surface area (Å²) in [6, 6.07) is 2.07. The van der Waals surface area contributed by atoms with Crippen LogP contribution in [0.2, 0.25) is 0 Å². The van der Waals surface area contributed by atoms with Crippen LogP contribution in [-0.2, 0) is 16.8 Å². The number of hydrogen-bond donors (Lipinski definition) is 1. The van der Waals surface area contributed by atoms with E-state index < -0.39 is 0 Å². The van der Waals surface area contributed by atoms with E-state index in [1.165, 1.54) is 5.56 Å². The Bertz CT molecular complexity index is 508. The number of thiophene rings is 1. The van der Waals surface area contributed by atoms with E-state index >= 15 is 0 Å². The van der Waals surface area contributed by atoms with Gasteiger partial charge in [0, 0.05) is 18.0 Å². The molecule has 102 valence electrons. The fraction of sp³-hybridized carbons (Fsp3) is 0.429. The zero-order valence-electron chi connectivity index (χ0n) is 11.2. The fourth-order valence-corrected chi connectivity index (χ4v) is 3.38. The summed E-state index contributed by atoms with van der Waals surface area (Å²) in [7, 11) is 0. The zero-order valence-corrected chi connectivity index (χ0v) is 12.8. The molecule has 2 aromatic heterocycles. The Kier molecular flexibility index (Phi) is 4.71. The molecule has 0 saturated heterocycles. The monoisotopic (exact) mass is 294 g/mol. The van der Waals surface area contributed by atoms with Crippen LogP contribution in [0.4, 0.5) is 0 Å². The first kappa shape index (κ1) is 14.2. The van der Waals surface area contributed by atoms with E-state index in [0.717, 1.165) is 17.8 Å². The van der Waals surface area contributed by atoms with Crippen molar-refractivity contribution in [3.63, 3.8) is 0 Å². The van der Waals surface area contributed by atoms with Gasteiger partial charge in [-0.05, 0) is 42.2 Å². The van der Waals surface area contributed by atoms with Crippen molar-refractivity contribution >= 4 is 28.6 Å². The molecule has 0 unspecified atom stereocenters. The molecule has 2 aromatic rings. The Balaban J connectivity index is 1.93. The van der Waals surface area contributed by atoms with Gasteiger partial charge in [-0.15, -0.1) is 11.3 Å². The SMILES string of the molecule is CC[C@](C)(NC(=O)CCc1ccsc1)c1nccs1. The highest BCUT2D eigenvalue weighted by Gasteiger charge is 2.28. The van der Waals surface area contributed by atoms with Crippen molar-refractivity contribution in [2.24, 2.45) is 0 Å². The topological polar surface area (TPSA) is 42.0 Å². The van der Waals surface area contributed by atoms with E-state index in [-0.39, 0.29) is 11.4 Å². The molecule has 2 rings (SSSR count). The minimum Gasteiger partial charge on any atom is -0.344 e. The molecule has 19 heavy (non-hydrogen) atoms. The van der Waals surface area contributed by atoms with E-state index in [1.54, 1.807) is 28.9 Å². The minimum atomic E-state index is -0.347. The molecule has 1 N–H and O–H groups in total. The highest BCUT2D eigenvalue weighted by Crippen LogP contribution is 2.26. The standard InChI is InChI=1S/C14H18N2OS2/c1-3-14(2,13-15-7-9-19-13)16-12(17)5-4-11-6-8-18-10-11/h6-10H,3-5H2,1-2H3,(H,16,17)/t14-/m0/s1. The molecule has 0 aliphatic heterocycles. The summed E-state index contributed by atoms with van der Waals surface area (Å²) in [6.45, 7) is 4.11. The first-order valence-electron chi connectivity index (χ1n) is 6.36. The number of carbonyl (C=O) groups excluding carboxylic acids is 1. The van der Waals surface area contributed by atoms with Crippen LogP contribution in [0, 0.1) is 0 Å².